The van der Waals surface area contributed by atoms with Crippen molar-refractivity contribution in [2.24, 2.45) is 5.41 Å². The predicted molar refractivity (Wildman–Crippen MR) is 88.0 cm³/mol. The highest BCUT2D eigenvalue weighted by Gasteiger charge is 2.14. The van der Waals surface area contributed by atoms with Gasteiger partial charge in [-0.3, -0.25) is 0 Å². The van der Waals surface area contributed by atoms with Crippen LogP contribution in [0.15, 0.2) is 17.5 Å². The van der Waals surface area contributed by atoms with Gasteiger partial charge in [0.25, 0.3) is 0 Å². The van der Waals surface area contributed by atoms with Crippen molar-refractivity contribution < 1.29 is 0 Å². The van der Waals surface area contributed by atoms with Gasteiger partial charge in [0.1, 0.15) is 0 Å². The fraction of sp³-hybridized carbons (Fsp3) is 0.765. The van der Waals surface area contributed by atoms with Crippen LogP contribution in [-0.4, -0.2) is 12.6 Å². The van der Waals surface area contributed by atoms with Crippen LogP contribution >= 0.6 is 11.3 Å². The lowest BCUT2D eigenvalue weighted by Crippen LogP contribution is -2.31. The summed E-state index contributed by atoms with van der Waals surface area (Å²) in [6.45, 7) is 10.4. The highest BCUT2D eigenvalue weighted by atomic mass is 32.1. The first-order chi connectivity index (χ1) is 9.01. The Morgan fingerprint density at radius 2 is 2.05 bits per heavy atom. The molecule has 0 aromatic carbocycles. The summed E-state index contributed by atoms with van der Waals surface area (Å²) in [6, 6.07) is 5.12. The molecule has 1 rings (SSSR count). The van der Waals surface area contributed by atoms with Crippen molar-refractivity contribution in [3.8, 4) is 0 Å². The normalized spacial score (nSPS) is 13.7. The molecule has 1 heterocycles. The van der Waals surface area contributed by atoms with Gasteiger partial charge < -0.3 is 5.32 Å². The van der Waals surface area contributed by atoms with Crippen molar-refractivity contribution >= 4 is 11.3 Å². The summed E-state index contributed by atoms with van der Waals surface area (Å²) in [7, 11) is 0. The van der Waals surface area contributed by atoms with Gasteiger partial charge in [-0.2, -0.15) is 0 Å². The van der Waals surface area contributed by atoms with Crippen LogP contribution in [0.2, 0.25) is 0 Å². The Labute approximate surface area is 123 Å². The molecule has 0 aliphatic heterocycles. The van der Waals surface area contributed by atoms with Gasteiger partial charge in [0, 0.05) is 10.9 Å². The van der Waals surface area contributed by atoms with Gasteiger partial charge in [0.15, 0.2) is 0 Å². The van der Waals surface area contributed by atoms with Gasteiger partial charge in [-0.05, 0) is 61.9 Å². The molecule has 1 nitrogen and oxygen atoms in total. The first-order valence-electron chi connectivity index (χ1n) is 7.77. The number of nitrogens with one attached hydrogen (secondary N) is 1. The molecule has 0 bridgehead atoms. The molecule has 0 radical (unpaired) electrons. The summed E-state index contributed by atoms with van der Waals surface area (Å²) >= 11 is 1.89. The molecule has 1 N–H and O–H groups in total. The van der Waals surface area contributed by atoms with Gasteiger partial charge in [-0.1, -0.05) is 33.8 Å². The van der Waals surface area contributed by atoms with E-state index in [9.17, 15) is 0 Å². The second kappa shape index (κ2) is 8.76. The Morgan fingerprint density at radius 1 is 1.26 bits per heavy atom. The third kappa shape index (κ3) is 8.43. The standard InChI is InChI=1S/C17H31NS/c1-5-13-18-15(11-12-17(2,3)4)8-6-9-16-10-7-14-19-16/h7,10,14-15,18H,5-6,8-9,11-13H2,1-4H3. The summed E-state index contributed by atoms with van der Waals surface area (Å²) < 4.78 is 0. The van der Waals surface area contributed by atoms with E-state index >= 15 is 0 Å². The van der Waals surface area contributed by atoms with E-state index in [2.05, 4.69) is 50.5 Å². The molecule has 19 heavy (non-hydrogen) atoms. The minimum Gasteiger partial charge on any atom is -0.314 e. The van der Waals surface area contributed by atoms with Crippen molar-refractivity contribution in [2.75, 3.05) is 6.54 Å². The fourth-order valence-electron chi connectivity index (χ4n) is 2.28. The average Bonchev–Trinajstić information content (AvgIpc) is 2.84. The maximum Gasteiger partial charge on any atom is 0.00673 e. The maximum atomic E-state index is 3.73. The Kier molecular flexibility index (Phi) is 7.70. The molecule has 1 aromatic rings. The first kappa shape index (κ1) is 16.7. The lowest BCUT2D eigenvalue weighted by atomic mass is 9.87. The smallest absolute Gasteiger partial charge is 0.00673 e. The molecule has 0 saturated carbocycles. The van der Waals surface area contributed by atoms with Crippen LogP contribution < -0.4 is 5.32 Å². The molecule has 1 atom stereocenters. The lowest BCUT2D eigenvalue weighted by Gasteiger charge is -2.24. The number of hydrogen-bond donors (Lipinski definition) is 1. The van der Waals surface area contributed by atoms with Crippen LogP contribution in [0.5, 0.6) is 0 Å². The summed E-state index contributed by atoms with van der Waals surface area (Å²) in [5, 5.41) is 5.91. The van der Waals surface area contributed by atoms with Crippen molar-refractivity contribution in [3.05, 3.63) is 22.4 Å². The van der Waals surface area contributed by atoms with E-state index in [0.29, 0.717) is 11.5 Å². The molecular weight excluding hydrogens is 250 g/mol. The molecule has 0 aliphatic carbocycles. The fourth-order valence-corrected chi connectivity index (χ4v) is 3.03. The number of thiophene rings is 1. The van der Waals surface area contributed by atoms with Crippen LogP contribution in [0.1, 0.15) is 64.7 Å². The van der Waals surface area contributed by atoms with Gasteiger partial charge >= 0.3 is 0 Å². The van der Waals surface area contributed by atoms with Crippen molar-refractivity contribution in [1.29, 1.82) is 0 Å². The topological polar surface area (TPSA) is 12.0 Å². The summed E-state index contributed by atoms with van der Waals surface area (Å²) in [5.74, 6) is 0. The number of aryl methyl sites for hydroxylation is 1. The Morgan fingerprint density at radius 3 is 2.63 bits per heavy atom. The Bertz CT molecular complexity index is 311. The highest BCUT2D eigenvalue weighted by Crippen LogP contribution is 2.23. The molecule has 0 amide bonds. The first-order valence-corrected chi connectivity index (χ1v) is 8.65. The summed E-state index contributed by atoms with van der Waals surface area (Å²) in [6.07, 6.45) is 7.73. The zero-order chi connectivity index (χ0) is 14.1. The second-order valence-electron chi connectivity index (χ2n) is 6.72. The van der Waals surface area contributed by atoms with Crippen LogP contribution in [0.4, 0.5) is 0 Å². The zero-order valence-electron chi connectivity index (χ0n) is 13.2. The number of rotatable bonds is 9. The van der Waals surface area contributed by atoms with E-state index in [1.165, 1.54) is 43.4 Å². The highest BCUT2D eigenvalue weighted by molar-refractivity contribution is 7.09. The maximum absolute atomic E-state index is 3.73. The average molecular weight is 282 g/mol. The minimum atomic E-state index is 0.458. The lowest BCUT2D eigenvalue weighted by molar-refractivity contribution is 0.320. The largest absolute Gasteiger partial charge is 0.314 e. The Balaban J connectivity index is 2.27. The van der Waals surface area contributed by atoms with E-state index < -0.39 is 0 Å². The van der Waals surface area contributed by atoms with E-state index in [1.807, 2.05) is 11.3 Å². The minimum absolute atomic E-state index is 0.458. The third-order valence-corrected chi connectivity index (χ3v) is 4.42. The summed E-state index contributed by atoms with van der Waals surface area (Å²) in [5.41, 5.74) is 0.458. The van der Waals surface area contributed by atoms with Gasteiger partial charge in [-0.15, -0.1) is 11.3 Å². The van der Waals surface area contributed by atoms with Crippen LogP contribution in [0.3, 0.4) is 0 Å². The van der Waals surface area contributed by atoms with E-state index in [4.69, 9.17) is 0 Å². The van der Waals surface area contributed by atoms with Crippen molar-refractivity contribution in [1.82, 2.24) is 5.32 Å². The second-order valence-corrected chi connectivity index (χ2v) is 7.75. The molecule has 0 fully saturated rings. The molecule has 0 spiro atoms. The monoisotopic (exact) mass is 281 g/mol. The zero-order valence-corrected chi connectivity index (χ0v) is 14.0. The predicted octanol–water partition coefficient (Wildman–Crippen LogP) is 5.27. The molecule has 1 aromatic heterocycles. The van der Waals surface area contributed by atoms with Gasteiger partial charge in [0.2, 0.25) is 0 Å². The van der Waals surface area contributed by atoms with Crippen molar-refractivity contribution in [2.45, 2.75) is 72.3 Å². The molecular formula is C17H31NS. The SMILES string of the molecule is CCCNC(CCCc1cccs1)CCC(C)(C)C. The Hall–Kier alpha value is -0.340. The molecule has 0 saturated heterocycles. The third-order valence-electron chi connectivity index (χ3n) is 3.48. The van der Waals surface area contributed by atoms with Gasteiger partial charge in [0.05, 0.1) is 0 Å². The van der Waals surface area contributed by atoms with Crippen LogP contribution in [0, 0.1) is 5.41 Å². The molecule has 0 aliphatic rings. The van der Waals surface area contributed by atoms with Crippen LogP contribution in [-0.2, 0) is 6.42 Å². The number of hydrogen-bond acceptors (Lipinski definition) is 2. The van der Waals surface area contributed by atoms with E-state index in [-0.39, 0.29) is 0 Å². The molecule has 110 valence electrons. The molecule has 2 heteroatoms. The van der Waals surface area contributed by atoms with Gasteiger partial charge in [-0.25, -0.2) is 0 Å². The molecule has 1 unspecified atom stereocenters. The van der Waals surface area contributed by atoms with Crippen molar-refractivity contribution in [3.63, 3.8) is 0 Å². The van der Waals surface area contributed by atoms with Crippen LogP contribution in [0.25, 0.3) is 0 Å². The summed E-state index contributed by atoms with van der Waals surface area (Å²) in [4.78, 5) is 1.53. The van der Waals surface area contributed by atoms with E-state index in [1.54, 1.807) is 0 Å². The van der Waals surface area contributed by atoms with E-state index in [0.717, 1.165) is 6.54 Å². The quantitative estimate of drug-likeness (QED) is 0.650.